The first-order chi connectivity index (χ1) is 13.7. The predicted molar refractivity (Wildman–Crippen MR) is 104 cm³/mol. The average molecular weight is 418 g/mol. The minimum Gasteiger partial charge on any atom is -0.353 e. The van der Waals surface area contributed by atoms with Gasteiger partial charge in [-0.3, -0.25) is 0 Å². The van der Waals surface area contributed by atoms with Gasteiger partial charge in [-0.05, 0) is 50.8 Å². The number of benzene rings is 1. The maximum atomic E-state index is 13.3. The van der Waals surface area contributed by atoms with Gasteiger partial charge in [0.2, 0.25) is 0 Å². The zero-order valence-electron chi connectivity index (χ0n) is 17.9. The van der Waals surface area contributed by atoms with Crippen molar-refractivity contribution in [3.05, 3.63) is 35.1 Å². The van der Waals surface area contributed by atoms with Crippen LogP contribution in [0.25, 0.3) is 0 Å². The zero-order valence-corrected chi connectivity index (χ0v) is 17.9. The highest BCUT2D eigenvalue weighted by atomic mass is 19.2. The van der Waals surface area contributed by atoms with Crippen molar-refractivity contribution >= 4 is 0 Å². The van der Waals surface area contributed by atoms with E-state index in [1.54, 1.807) is 14.2 Å². The lowest BCUT2D eigenvalue weighted by atomic mass is 9.93. The van der Waals surface area contributed by atoms with Crippen LogP contribution in [0.15, 0.2) is 12.1 Å². The molecule has 0 spiro atoms. The Kier molecular flexibility index (Phi) is 8.94. The Morgan fingerprint density at radius 2 is 1.62 bits per heavy atom. The number of methoxy groups -OCH3 is 2. The minimum absolute atomic E-state index is 0.00258. The molecule has 0 amide bonds. The maximum Gasteiger partial charge on any atom is 0.194 e. The van der Waals surface area contributed by atoms with Crippen LogP contribution in [-0.2, 0) is 25.4 Å². The number of halogens is 3. The van der Waals surface area contributed by atoms with E-state index in [0.29, 0.717) is 37.9 Å². The lowest BCUT2D eigenvalue weighted by molar-refractivity contribution is -0.351. The highest BCUT2D eigenvalue weighted by molar-refractivity contribution is 5.19. The van der Waals surface area contributed by atoms with Gasteiger partial charge in [-0.25, -0.2) is 13.2 Å². The maximum absolute atomic E-state index is 13.3. The molecule has 1 aliphatic heterocycles. The lowest BCUT2D eigenvalue weighted by Gasteiger charge is -2.46. The fourth-order valence-electron chi connectivity index (χ4n) is 3.93. The van der Waals surface area contributed by atoms with Crippen LogP contribution in [0.1, 0.15) is 64.4 Å². The molecule has 0 saturated carbocycles. The van der Waals surface area contributed by atoms with E-state index in [1.165, 1.54) is 0 Å². The van der Waals surface area contributed by atoms with Crippen molar-refractivity contribution in [1.29, 1.82) is 0 Å². The molecule has 1 fully saturated rings. The molecule has 1 aromatic rings. The van der Waals surface area contributed by atoms with Gasteiger partial charge in [0.15, 0.2) is 29.0 Å². The highest BCUT2D eigenvalue weighted by Gasteiger charge is 2.47. The lowest BCUT2D eigenvalue weighted by Crippen LogP contribution is -2.53. The molecule has 1 saturated heterocycles. The summed E-state index contributed by atoms with van der Waals surface area (Å²) in [6.45, 7) is 4.44. The van der Waals surface area contributed by atoms with Crippen molar-refractivity contribution in [3.8, 4) is 0 Å². The Bertz CT molecular complexity index is 626. The van der Waals surface area contributed by atoms with Gasteiger partial charge in [0.05, 0.1) is 19.1 Å². The Morgan fingerprint density at radius 1 is 1.00 bits per heavy atom. The average Bonchev–Trinajstić information content (AvgIpc) is 2.68. The fraction of sp³-hybridized carbons (Fsp3) is 0.727. The van der Waals surface area contributed by atoms with Gasteiger partial charge < -0.3 is 18.9 Å². The van der Waals surface area contributed by atoms with Crippen LogP contribution < -0.4 is 0 Å². The molecule has 2 rings (SSSR count). The van der Waals surface area contributed by atoms with Crippen LogP contribution >= 0.6 is 0 Å². The first kappa shape index (κ1) is 24.1. The van der Waals surface area contributed by atoms with Gasteiger partial charge >= 0.3 is 0 Å². The van der Waals surface area contributed by atoms with E-state index in [9.17, 15) is 13.2 Å². The van der Waals surface area contributed by atoms with Crippen molar-refractivity contribution in [2.45, 2.75) is 82.9 Å². The molecule has 0 bridgehead atoms. The molecule has 7 heteroatoms. The Labute approximate surface area is 171 Å². The standard InChI is InChI=1S/C22H33F3O4/c1-16(2)29-22(15-21(26-3,27-4)11-12-28-22)10-8-6-5-7-9-17-13-18(23)20(25)19(24)14-17/h13-14,16H,5-12,15H2,1-4H3. The van der Waals surface area contributed by atoms with Crippen LogP contribution in [0.5, 0.6) is 0 Å². The zero-order chi connectivity index (χ0) is 21.5. The molecule has 1 heterocycles. The summed E-state index contributed by atoms with van der Waals surface area (Å²) in [5.74, 6) is -5.14. The molecule has 0 aromatic heterocycles. The van der Waals surface area contributed by atoms with E-state index >= 15 is 0 Å². The molecule has 1 unspecified atom stereocenters. The van der Waals surface area contributed by atoms with E-state index in [2.05, 4.69) is 0 Å². The summed E-state index contributed by atoms with van der Waals surface area (Å²) < 4.78 is 63.0. The third-order valence-electron chi connectivity index (χ3n) is 5.40. The summed E-state index contributed by atoms with van der Waals surface area (Å²) in [7, 11) is 3.27. The van der Waals surface area contributed by atoms with E-state index in [-0.39, 0.29) is 6.10 Å². The topological polar surface area (TPSA) is 36.9 Å². The van der Waals surface area contributed by atoms with Crippen LogP contribution in [0, 0.1) is 17.5 Å². The quantitative estimate of drug-likeness (QED) is 0.269. The Hall–Kier alpha value is -1.15. The fourth-order valence-corrected chi connectivity index (χ4v) is 3.93. The van der Waals surface area contributed by atoms with Crippen molar-refractivity contribution in [3.63, 3.8) is 0 Å². The normalized spacial score (nSPS) is 21.7. The minimum atomic E-state index is -1.42. The highest BCUT2D eigenvalue weighted by Crippen LogP contribution is 2.40. The Morgan fingerprint density at radius 3 is 2.21 bits per heavy atom. The molecule has 0 radical (unpaired) electrons. The second-order valence-corrected chi connectivity index (χ2v) is 7.96. The number of ether oxygens (including phenoxy) is 4. The van der Waals surface area contributed by atoms with Crippen LogP contribution in [0.3, 0.4) is 0 Å². The molecule has 0 N–H and O–H groups in total. The summed E-state index contributed by atoms with van der Waals surface area (Å²) in [6, 6.07) is 2.13. The Balaban J connectivity index is 1.83. The summed E-state index contributed by atoms with van der Waals surface area (Å²) in [5.41, 5.74) is 0.474. The summed E-state index contributed by atoms with van der Waals surface area (Å²) in [5, 5.41) is 0. The molecule has 1 atom stereocenters. The van der Waals surface area contributed by atoms with Gasteiger partial charge in [-0.1, -0.05) is 12.8 Å². The molecule has 166 valence electrons. The summed E-state index contributed by atoms with van der Waals surface area (Å²) in [4.78, 5) is 0. The summed E-state index contributed by atoms with van der Waals surface area (Å²) >= 11 is 0. The summed E-state index contributed by atoms with van der Waals surface area (Å²) in [6.07, 6.45) is 5.82. The van der Waals surface area contributed by atoms with Crippen molar-refractivity contribution in [1.82, 2.24) is 0 Å². The largest absolute Gasteiger partial charge is 0.353 e. The van der Waals surface area contributed by atoms with Gasteiger partial charge in [0.25, 0.3) is 0 Å². The second-order valence-electron chi connectivity index (χ2n) is 7.96. The van der Waals surface area contributed by atoms with Crippen LogP contribution in [-0.4, -0.2) is 38.5 Å². The van der Waals surface area contributed by atoms with Crippen molar-refractivity contribution in [2.24, 2.45) is 0 Å². The van der Waals surface area contributed by atoms with Crippen molar-refractivity contribution < 1.29 is 32.1 Å². The van der Waals surface area contributed by atoms with Gasteiger partial charge in [-0.2, -0.15) is 0 Å². The molecular weight excluding hydrogens is 385 g/mol. The first-order valence-corrected chi connectivity index (χ1v) is 10.3. The molecule has 29 heavy (non-hydrogen) atoms. The molecule has 0 aliphatic carbocycles. The second kappa shape index (κ2) is 10.8. The van der Waals surface area contributed by atoms with E-state index in [4.69, 9.17) is 18.9 Å². The molecule has 1 aliphatic rings. The predicted octanol–water partition coefficient (Wildman–Crippen LogP) is 5.52. The third-order valence-corrected chi connectivity index (χ3v) is 5.40. The third kappa shape index (κ3) is 6.67. The van der Waals surface area contributed by atoms with Gasteiger partial charge in [-0.15, -0.1) is 0 Å². The smallest absolute Gasteiger partial charge is 0.194 e. The van der Waals surface area contributed by atoms with Crippen LogP contribution in [0.4, 0.5) is 13.2 Å². The SMILES string of the molecule is COC1(OC)CCOC(CCCCCCc2cc(F)c(F)c(F)c2)(OC(C)C)C1. The van der Waals surface area contributed by atoms with E-state index < -0.39 is 29.0 Å². The number of hydrogen-bond donors (Lipinski definition) is 0. The van der Waals surface area contributed by atoms with Crippen LogP contribution in [0.2, 0.25) is 0 Å². The number of hydrogen-bond acceptors (Lipinski definition) is 4. The first-order valence-electron chi connectivity index (χ1n) is 10.3. The van der Waals surface area contributed by atoms with E-state index in [0.717, 1.165) is 37.8 Å². The number of aryl methyl sites for hydroxylation is 1. The van der Waals surface area contributed by atoms with E-state index in [1.807, 2.05) is 13.8 Å². The monoisotopic (exact) mass is 418 g/mol. The number of rotatable bonds is 11. The van der Waals surface area contributed by atoms with Gasteiger partial charge in [0.1, 0.15) is 0 Å². The molecule has 1 aromatic carbocycles. The molecule has 4 nitrogen and oxygen atoms in total. The van der Waals surface area contributed by atoms with Crippen molar-refractivity contribution in [2.75, 3.05) is 20.8 Å². The van der Waals surface area contributed by atoms with Gasteiger partial charge in [0, 0.05) is 27.1 Å². The number of unbranched alkanes of at least 4 members (excludes halogenated alkanes) is 3. The molecular formula is C22H33F3O4.